The van der Waals surface area contributed by atoms with Crippen molar-refractivity contribution < 1.29 is 18.9 Å². The van der Waals surface area contributed by atoms with Crippen molar-refractivity contribution >= 4 is 0 Å². The van der Waals surface area contributed by atoms with Crippen molar-refractivity contribution in [2.75, 3.05) is 0 Å². The predicted octanol–water partition coefficient (Wildman–Crippen LogP) is -0.285. The number of rotatable bonds is 0. The SMILES string of the molecule is CC1(C)CCC(C)(C)[N-]1.[Li+]. The van der Waals surface area contributed by atoms with Crippen molar-refractivity contribution in [1.82, 2.24) is 0 Å². The van der Waals surface area contributed by atoms with Crippen LogP contribution < -0.4 is 18.9 Å². The smallest absolute Gasteiger partial charge is 0.652 e. The molecule has 1 fully saturated rings. The second kappa shape index (κ2) is 2.89. The Labute approximate surface area is 76.1 Å². The number of hydrogen-bond acceptors (Lipinski definition) is 0. The summed E-state index contributed by atoms with van der Waals surface area (Å²) in [5, 5.41) is 4.65. The molecule has 0 aromatic rings. The van der Waals surface area contributed by atoms with Crippen LogP contribution >= 0.6 is 0 Å². The van der Waals surface area contributed by atoms with Gasteiger partial charge >= 0.3 is 18.9 Å². The second-order valence-electron chi connectivity index (χ2n) is 4.24. The number of hydrogen-bond donors (Lipinski definition) is 0. The van der Waals surface area contributed by atoms with Gasteiger partial charge in [0.15, 0.2) is 0 Å². The minimum absolute atomic E-state index is 0. The van der Waals surface area contributed by atoms with Gasteiger partial charge in [0.05, 0.1) is 0 Å². The Kier molecular flexibility index (Phi) is 3.05. The van der Waals surface area contributed by atoms with Crippen molar-refractivity contribution in [3.63, 3.8) is 0 Å². The van der Waals surface area contributed by atoms with Crippen molar-refractivity contribution in [3.8, 4) is 0 Å². The molecule has 2 heteroatoms. The third kappa shape index (κ3) is 2.66. The Hall–Kier alpha value is 0.557. The summed E-state index contributed by atoms with van der Waals surface area (Å²) >= 11 is 0. The van der Waals surface area contributed by atoms with E-state index in [0.717, 1.165) is 0 Å². The summed E-state index contributed by atoms with van der Waals surface area (Å²) in [5.74, 6) is 0. The van der Waals surface area contributed by atoms with Crippen LogP contribution in [-0.2, 0) is 0 Å². The first kappa shape index (κ1) is 10.6. The van der Waals surface area contributed by atoms with E-state index in [1.165, 1.54) is 12.8 Å². The molecule has 0 aromatic carbocycles. The summed E-state index contributed by atoms with van der Waals surface area (Å²) < 4.78 is 0. The van der Waals surface area contributed by atoms with E-state index in [2.05, 4.69) is 33.0 Å². The normalized spacial score (nSPS) is 27.6. The fraction of sp³-hybridized carbons (Fsp3) is 1.00. The topological polar surface area (TPSA) is 14.1 Å². The van der Waals surface area contributed by atoms with Gasteiger partial charge in [0.25, 0.3) is 0 Å². The van der Waals surface area contributed by atoms with Crippen LogP contribution in [0.4, 0.5) is 0 Å². The molecule has 0 amide bonds. The molecule has 0 N–H and O–H groups in total. The maximum atomic E-state index is 4.65. The van der Waals surface area contributed by atoms with E-state index in [9.17, 15) is 0 Å². The van der Waals surface area contributed by atoms with Gasteiger partial charge in [-0.2, -0.15) is 0 Å². The Bertz CT molecular complexity index is 104. The molecule has 1 aliphatic rings. The maximum absolute atomic E-state index is 4.65. The van der Waals surface area contributed by atoms with Crippen LogP contribution in [0.5, 0.6) is 0 Å². The van der Waals surface area contributed by atoms with E-state index in [-0.39, 0.29) is 29.9 Å². The Morgan fingerprint density at radius 2 is 1.20 bits per heavy atom. The zero-order valence-corrected chi connectivity index (χ0v) is 7.86. The van der Waals surface area contributed by atoms with Gasteiger partial charge < -0.3 is 5.32 Å². The van der Waals surface area contributed by atoms with Crippen molar-refractivity contribution in [3.05, 3.63) is 5.32 Å². The van der Waals surface area contributed by atoms with Crippen LogP contribution in [0.3, 0.4) is 0 Å². The summed E-state index contributed by atoms with van der Waals surface area (Å²) in [6.45, 7) is 8.84. The van der Waals surface area contributed by atoms with E-state index in [4.69, 9.17) is 0 Å². The van der Waals surface area contributed by atoms with Crippen molar-refractivity contribution in [2.45, 2.75) is 51.6 Å². The molecule has 0 atom stereocenters. The fourth-order valence-corrected chi connectivity index (χ4v) is 1.54. The standard InChI is InChI=1S/C8H16N.Li/c1-7(2)5-6-8(3,4)9-7;/h5-6H2,1-4H3;/q-1;+1. The van der Waals surface area contributed by atoms with Gasteiger partial charge in [0.2, 0.25) is 0 Å². The van der Waals surface area contributed by atoms with Crippen LogP contribution in [0.15, 0.2) is 0 Å². The van der Waals surface area contributed by atoms with Crippen LogP contribution in [0.25, 0.3) is 5.32 Å². The minimum atomic E-state index is 0. The second-order valence-corrected chi connectivity index (χ2v) is 4.24. The molecule has 0 aromatic heterocycles. The Balaban J connectivity index is 0.000000810. The monoisotopic (exact) mass is 133 g/mol. The summed E-state index contributed by atoms with van der Waals surface area (Å²) in [6.07, 6.45) is 2.50. The van der Waals surface area contributed by atoms with Crippen molar-refractivity contribution in [1.29, 1.82) is 0 Å². The molecule has 1 rings (SSSR count). The average Bonchev–Trinajstić information content (AvgIpc) is 1.78. The Morgan fingerprint density at radius 1 is 0.900 bits per heavy atom. The largest absolute Gasteiger partial charge is 1.00 e. The third-order valence-electron chi connectivity index (χ3n) is 1.95. The van der Waals surface area contributed by atoms with E-state index >= 15 is 0 Å². The summed E-state index contributed by atoms with van der Waals surface area (Å²) in [5.41, 5.74) is 0.507. The molecule has 1 aliphatic heterocycles. The number of nitrogens with zero attached hydrogens (tertiary/aromatic N) is 1. The third-order valence-corrected chi connectivity index (χ3v) is 1.95. The average molecular weight is 133 g/mol. The molecule has 1 heterocycles. The maximum Gasteiger partial charge on any atom is 1.00 e. The molecule has 0 saturated carbocycles. The first-order valence-electron chi connectivity index (χ1n) is 3.65. The first-order valence-corrected chi connectivity index (χ1v) is 3.65. The molecular formula is C8H16LiN. The molecule has 0 radical (unpaired) electrons. The van der Waals surface area contributed by atoms with E-state index in [1.807, 2.05) is 0 Å². The molecular weight excluding hydrogens is 117 g/mol. The molecule has 0 spiro atoms. The summed E-state index contributed by atoms with van der Waals surface area (Å²) in [4.78, 5) is 0. The molecule has 1 saturated heterocycles. The molecule has 0 aliphatic carbocycles. The van der Waals surface area contributed by atoms with Gasteiger partial charge in [-0.1, -0.05) is 40.5 Å². The molecule has 0 unspecified atom stereocenters. The minimum Gasteiger partial charge on any atom is -0.652 e. The van der Waals surface area contributed by atoms with Crippen molar-refractivity contribution in [2.24, 2.45) is 0 Å². The molecule has 54 valence electrons. The summed E-state index contributed by atoms with van der Waals surface area (Å²) in [6, 6.07) is 0. The molecule has 10 heavy (non-hydrogen) atoms. The Morgan fingerprint density at radius 3 is 1.30 bits per heavy atom. The molecule has 0 bridgehead atoms. The van der Waals surface area contributed by atoms with Crippen LogP contribution in [-0.4, -0.2) is 11.1 Å². The van der Waals surface area contributed by atoms with Gasteiger partial charge in [0.1, 0.15) is 0 Å². The van der Waals surface area contributed by atoms with Gasteiger partial charge in [-0.25, -0.2) is 0 Å². The van der Waals surface area contributed by atoms with E-state index in [1.54, 1.807) is 0 Å². The van der Waals surface area contributed by atoms with Gasteiger partial charge in [0, 0.05) is 0 Å². The molecule has 1 nitrogen and oxygen atoms in total. The van der Waals surface area contributed by atoms with Crippen LogP contribution in [0.1, 0.15) is 40.5 Å². The summed E-state index contributed by atoms with van der Waals surface area (Å²) in [7, 11) is 0. The quantitative estimate of drug-likeness (QED) is 0.403. The van der Waals surface area contributed by atoms with Gasteiger partial charge in [-0.3, -0.25) is 0 Å². The van der Waals surface area contributed by atoms with E-state index in [0.29, 0.717) is 0 Å². The van der Waals surface area contributed by atoms with Gasteiger partial charge in [-0.15, -0.1) is 11.1 Å². The zero-order chi connectivity index (χ0) is 7.12. The van der Waals surface area contributed by atoms with E-state index < -0.39 is 0 Å². The zero-order valence-electron chi connectivity index (χ0n) is 7.86. The van der Waals surface area contributed by atoms with Crippen LogP contribution in [0.2, 0.25) is 0 Å². The predicted molar refractivity (Wildman–Crippen MR) is 40.8 cm³/mol. The fourth-order valence-electron chi connectivity index (χ4n) is 1.54. The van der Waals surface area contributed by atoms with Crippen LogP contribution in [0, 0.1) is 0 Å². The first-order chi connectivity index (χ1) is 3.91. The van der Waals surface area contributed by atoms with Gasteiger partial charge in [-0.05, 0) is 0 Å².